The zero-order chi connectivity index (χ0) is 18.3. The number of rotatable bonds is 2. The molecule has 0 saturated heterocycles. The summed E-state index contributed by atoms with van der Waals surface area (Å²) in [5, 5.41) is 1.98. The van der Waals surface area contributed by atoms with E-state index in [9.17, 15) is 4.79 Å². The van der Waals surface area contributed by atoms with Crippen molar-refractivity contribution in [2.75, 3.05) is 0 Å². The largest absolute Gasteiger partial charge is 0.277 e. The summed E-state index contributed by atoms with van der Waals surface area (Å²) in [6, 6.07) is 23.1. The van der Waals surface area contributed by atoms with Gasteiger partial charge >= 0.3 is 0 Å². The Labute approximate surface area is 157 Å². The second kappa shape index (κ2) is 9.43. The van der Waals surface area contributed by atoms with Crippen molar-refractivity contribution in [2.24, 2.45) is 4.99 Å². The van der Waals surface area contributed by atoms with Crippen molar-refractivity contribution in [3.63, 3.8) is 0 Å². The van der Waals surface area contributed by atoms with Gasteiger partial charge in [0.05, 0.1) is 1.37 Å². The monoisotopic (exact) mass is 378 g/mol. The van der Waals surface area contributed by atoms with E-state index in [4.69, 9.17) is 36.2 Å². The highest BCUT2D eigenvalue weighted by molar-refractivity contribution is 6.63. The Kier molecular flexibility index (Phi) is 6.67. The number of hydrogen-bond donors (Lipinski definition) is 0. The van der Waals surface area contributed by atoms with Crippen molar-refractivity contribution in [3.8, 4) is 0 Å². The van der Waals surface area contributed by atoms with Crippen molar-refractivity contribution in [3.05, 3.63) is 83.9 Å². The second-order valence-electron chi connectivity index (χ2n) is 4.72. The highest BCUT2D eigenvalue weighted by Gasteiger charge is 2.07. The first-order valence-corrected chi connectivity index (χ1v) is 8.16. The summed E-state index contributed by atoms with van der Waals surface area (Å²) in [4.78, 5) is 16.3. The van der Waals surface area contributed by atoms with Crippen LogP contribution in [0.25, 0.3) is 10.8 Å². The predicted octanol–water partition coefficient (Wildman–Crippen LogP) is 6.09. The van der Waals surface area contributed by atoms with Crippen molar-refractivity contribution >= 4 is 57.7 Å². The fraction of sp³-hybridized carbons (Fsp3) is 0.0526. The molecule has 0 bridgehead atoms. The van der Waals surface area contributed by atoms with Crippen LogP contribution >= 0.6 is 34.8 Å². The van der Waals surface area contributed by atoms with Gasteiger partial charge in [-0.15, -0.1) is 0 Å². The number of fused-ring (bicyclic) bond motifs is 1. The average Bonchev–Trinajstić information content (AvgIpc) is 2.58. The quantitative estimate of drug-likeness (QED) is 0.391. The second-order valence-corrected chi connectivity index (χ2v) is 6.43. The highest BCUT2D eigenvalue weighted by atomic mass is 35.6. The van der Waals surface area contributed by atoms with Gasteiger partial charge in [-0.1, -0.05) is 102 Å². The smallest absolute Gasteiger partial charge is 0.267 e. The van der Waals surface area contributed by atoms with Crippen LogP contribution in [-0.2, 0) is 0 Å². The molecule has 122 valence electrons. The number of carbonyl (C=O) groups excluding carboxylic acids is 1. The van der Waals surface area contributed by atoms with Crippen LogP contribution in [0.5, 0.6) is 0 Å². The minimum atomic E-state index is -1.83. The van der Waals surface area contributed by atoms with E-state index in [0.29, 0.717) is 5.56 Å². The standard InChI is InChI=1S/C18H13NO.CHCl3/c20-18(19-13-14-7-2-1-3-8-14)17-12-6-10-15-9-4-5-11-16(15)17;2-1(3)4/h1-13H;1H/i;1D. The number of hydrogen-bond acceptors (Lipinski definition) is 1. The molecule has 3 rings (SSSR count). The van der Waals surface area contributed by atoms with Gasteiger partial charge in [-0.3, -0.25) is 4.79 Å². The van der Waals surface area contributed by atoms with Crippen molar-refractivity contribution in [1.82, 2.24) is 0 Å². The number of nitrogens with zero attached hydrogens (tertiary/aromatic N) is 1. The summed E-state index contributed by atoms with van der Waals surface area (Å²) in [7, 11) is 0. The molecule has 0 aromatic heterocycles. The maximum Gasteiger partial charge on any atom is 0.277 e. The zero-order valence-electron chi connectivity index (χ0n) is 13.5. The van der Waals surface area contributed by atoms with E-state index in [0.717, 1.165) is 16.3 Å². The molecule has 0 saturated carbocycles. The normalized spacial score (nSPS) is 11.7. The van der Waals surface area contributed by atoms with E-state index < -0.39 is 4.27 Å². The molecule has 0 radical (unpaired) electrons. The van der Waals surface area contributed by atoms with Gasteiger partial charge in [0.15, 0.2) is 4.27 Å². The van der Waals surface area contributed by atoms with E-state index in [2.05, 4.69) is 4.99 Å². The molecule has 0 atom stereocenters. The molecule has 0 unspecified atom stereocenters. The Bertz CT molecular complexity index is 865. The Morgan fingerprint density at radius 2 is 1.50 bits per heavy atom. The fourth-order valence-corrected chi connectivity index (χ4v) is 2.15. The lowest BCUT2D eigenvalue weighted by atomic mass is 10.0. The number of carbonyl (C=O) groups is 1. The Balaban J connectivity index is 0.000000399. The molecule has 24 heavy (non-hydrogen) atoms. The first-order valence-electron chi connectivity index (χ1n) is 7.52. The van der Waals surface area contributed by atoms with Crippen LogP contribution in [0.15, 0.2) is 77.8 Å². The minimum Gasteiger partial charge on any atom is -0.267 e. The average molecular weight is 380 g/mol. The maximum absolute atomic E-state index is 12.2. The number of alkyl halides is 3. The molecule has 2 nitrogen and oxygen atoms in total. The summed E-state index contributed by atoms with van der Waals surface area (Å²) in [5.41, 5.74) is 1.55. The van der Waals surface area contributed by atoms with Gasteiger partial charge < -0.3 is 0 Å². The third-order valence-electron chi connectivity index (χ3n) is 3.15. The van der Waals surface area contributed by atoms with Crippen molar-refractivity contribution in [2.45, 2.75) is 4.27 Å². The lowest BCUT2D eigenvalue weighted by Crippen LogP contribution is -1.97. The van der Waals surface area contributed by atoms with Gasteiger partial charge in [-0.05, 0) is 22.4 Å². The predicted molar refractivity (Wildman–Crippen MR) is 104 cm³/mol. The number of benzene rings is 3. The summed E-state index contributed by atoms with van der Waals surface area (Å²) >= 11 is 14.2. The zero-order valence-corrected chi connectivity index (χ0v) is 14.8. The molecule has 1 amide bonds. The topological polar surface area (TPSA) is 29.4 Å². The third-order valence-corrected chi connectivity index (χ3v) is 3.15. The lowest BCUT2D eigenvalue weighted by molar-refractivity contribution is 0.100. The summed E-state index contributed by atoms with van der Waals surface area (Å²) < 4.78 is 4.40. The number of aliphatic imine (C=N–C) groups is 1. The van der Waals surface area contributed by atoms with Crippen LogP contribution < -0.4 is 0 Å². The van der Waals surface area contributed by atoms with Gasteiger partial charge in [0, 0.05) is 11.8 Å². The molecule has 3 aromatic rings. The fourth-order valence-electron chi connectivity index (χ4n) is 2.15. The lowest BCUT2D eigenvalue weighted by Gasteiger charge is -2.02. The SMILES string of the molecule is O=C(N=Cc1ccccc1)c1cccc2ccccc12.[2H]C(Cl)(Cl)Cl. The van der Waals surface area contributed by atoms with Gasteiger partial charge in [-0.25, -0.2) is 4.99 Å². The molecule has 0 aliphatic rings. The molecule has 0 heterocycles. The van der Waals surface area contributed by atoms with E-state index in [1.54, 1.807) is 6.21 Å². The third kappa shape index (κ3) is 5.64. The Morgan fingerprint density at radius 3 is 2.21 bits per heavy atom. The molecule has 0 fully saturated rings. The van der Waals surface area contributed by atoms with Crippen LogP contribution in [0, 0.1) is 0 Å². The molecule has 3 aromatic carbocycles. The van der Waals surface area contributed by atoms with Crippen LogP contribution in [0.1, 0.15) is 17.3 Å². The van der Waals surface area contributed by atoms with Gasteiger partial charge in [0.25, 0.3) is 5.91 Å². The van der Waals surface area contributed by atoms with E-state index in [-0.39, 0.29) is 5.91 Å². The van der Waals surface area contributed by atoms with Crippen LogP contribution in [0.3, 0.4) is 0 Å². The number of halogens is 3. The minimum absolute atomic E-state index is 0.217. The first kappa shape index (κ1) is 17.0. The molecule has 0 aliphatic carbocycles. The van der Waals surface area contributed by atoms with E-state index >= 15 is 0 Å². The number of amides is 1. The molecule has 0 spiro atoms. The first-order chi connectivity index (χ1) is 11.8. The van der Waals surface area contributed by atoms with Crippen LogP contribution in [-0.4, -0.2) is 16.4 Å². The Hall–Kier alpha value is -1.87. The molecule has 0 N–H and O–H groups in total. The molecule has 5 heteroatoms. The maximum atomic E-state index is 12.2. The molecular formula is C19H14Cl3NO. The van der Waals surface area contributed by atoms with Crippen LogP contribution in [0.4, 0.5) is 0 Å². The van der Waals surface area contributed by atoms with Crippen molar-refractivity contribution in [1.29, 1.82) is 0 Å². The van der Waals surface area contributed by atoms with Gasteiger partial charge in [0.2, 0.25) is 0 Å². The van der Waals surface area contributed by atoms with Crippen LogP contribution in [0.2, 0.25) is 0 Å². The van der Waals surface area contributed by atoms with Gasteiger partial charge in [0.1, 0.15) is 0 Å². The Morgan fingerprint density at radius 1 is 0.917 bits per heavy atom. The van der Waals surface area contributed by atoms with E-state index in [1.165, 1.54) is 0 Å². The summed E-state index contributed by atoms with van der Waals surface area (Å²) in [6.45, 7) is 0. The van der Waals surface area contributed by atoms with E-state index in [1.807, 2.05) is 72.8 Å². The van der Waals surface area contributed by atoms with Crippen molar-refractivity contribution < 1.29 is 6.17 Å². The summed E-state index contributed by atoms with van der Waals surface area (Å²) in [6.07, 6.45) is 1.60. The molecular weight excluding hydrogens is 365 g/mol. The van der Waals surface area contributed by atoms with Gasteiger partial charge in [-0.2, -0.15) is 0 Å². The summed E-state index contributed by atoms with van der Waals surface area (Å²) in [5.74, 6) is -0.217. The highest BCUT2D eigenvalue weighted by Crippen LogP contribution is 2.19. The molecule has 0 aliphatic heterocycles.